The van der Waals surface area contributed by atoms with Crippen molar-refractivity contribution in [3.05, 3.63) is 99.3 Å². The van der Waals surface area contributed by atoms with Crippen LogP contribution in [-0.2, 0) is 25.6 Å². The first-order chi connectivity index (χ1) is 18.3. The van der Waals surface area contributed by atoms with Crippen molar-refractivity contribution < 1.29 is 22.6 Å². The molecule has 0 saturated heterocycles. The lowest BCUT2D eigenvalue weighted by atomic mass is 10.0. The molecule has 0 radical (unpaired) electrons. The minimum Gasteiger partial charge on any atom is -0.497 e. The van der Waals surface area contributed by atoms with E-state index < -0.39 is 17.3 Å². The molecule has 0 unspecified atom stereocenters. The summed E-state index contributed by atoms with van der Waals surface area (Å²) in [5, 5.41) is 7.69. The van der Waals surface area contributed by atoms with E-state index in [2.05, 4.69) is 10.4 Å². The standard InChI is InChI=1S/C29H26F3N3O3/c1-37-21-13-19(14-22(16-21)38-2)27-23-9-6-10-24(23)28(36)35(34-27)26-15-20(11-12-25(26)29(30,31)32)33-17-18-7-4-3-5-8-18/h3-5,7-8,11-16,33H,6,9-10,17H2,1-2H3. The number of nitrogens with one attached hydrogen (secondary N) is 1. The second-order valence-electron chi connectivity index (χ2n) is 9.05. The van der Waals surface area contributed by atoms with Gasteiger partial charge in [0.05, 0.1) is 31.2 Å². The predicted octanol–water partition coefficient (Wildman–Crippen LogP) is 6.04. The van der Waals surface area contributed by atoms with Crippen molar-refractivity contribution in [2.24, 2.45) is 0 Å². The maximum atomic E-state index is 14.1. The molecule has 1 aliphatic rings. The van der Waals surface area contributed by atoms with Crippen molar-refractivity contribution in [2.75, 3.05) is 19.5 Å². The highest BCUT2D eigenvalue weighted by Gasteiger charge is 2.35. The lowest BCUT2D eigenvalue weighted by Crippen LogP contribution is -2.28. The number of ether oxygens (including phenoxy) is 2. The van der Waals surface area contributed by atoms with Gasteiger partial charge in [0.2, 0.25) is 0 Å². The Balaban J connectivity index is 1.68. The van der Waals surface area contributed by atoms with Crippen molar-refractivity contribution in [1.29, 1.82) is 0 Å². The van der Waals surface area contributed by atoms with Crippen LogP contribution in [-0.4, -0.2) is 24.0 Å². The molecule has 0 saturated carbocycles. The molecule has 3 aromatic carbocycles. The Bertz CT molecular complexity index is 1510. The van der Waals surface area contributed by atoms with Gasteiger partial charge in [0.25, 0.3) is 5.56 Å². The second kappa shape index (κ2) is 10.2. The Kier molecular flexibility index (Phi) is 6.84. The maximum Gasteiger partial charge on any atom is 0.418 e. The number of halogens is 3. The monoisotopic (exact) mass is 521 g/mol. The zero-order valence-electron chi connectivity index (χ0n) is 20.9. The highest BCUT2D eigenvalue weighted by atomic mass is 19.4. The Morgan fingerprint density at radius 2 is 1.61 bits per heavy atom. The minimum atomic E-state index is -4.69. The molecule has 4 aromatic rings. The Labute approximate surface area is 217 Å². The van der Waals surface area contributed by atoms with Crippen molar-refractivity contribution >= 4 is 5.69 Å². The van der Waals surface area contributed by atoms with E-state index in [1.165, 1.54) is 26.4 Å². The van der Waals surface area contributed by atoms with Gasteiger partial charge in [-0.3, -0.25) is 4.79 Å². The lowest BCUT2D eigenvalue weighted by Gasteiger charge is -2.19. The van der Waals surface area contributed by atoms with Gasteiger partial charge in [0.15, 0.2) is 0 Å². The fraction of sp³-hybridized carbons (Fsp3) is 0.241. The molecular formula is C29H26F3N3O3. The summed E-state index contributed by atoms with van der Waals surface area (Å²) in [6, 6.07) is 18.3. The largest absolute Gasteiger partial charge is 0.497 e. The third kappa shape index (κ3) is 4.96. The smallest absolute Gasteiger partial charge is 0.418 e. The highest BCUT2D eigenvalue weighted by Crippen LogP contribution is 2.37. The van der Waals surface area contributed by atoms with Gasteiger partial charge in [0, 0.05) is 29.4 Å². The summed E-state index contributed by atoms with van der Waals surface area (Å²) in [5.41, 5.74) is 1.86. The van der Waals surface area contributed by atoms with E-state index >= 15 is 0 Å². The zero-order chi connectivity index (χ0) is 26.9. The first-order valence-corrected chi connectivity index (χ1v) is 12.2. The topological polar surface area (TPSA) is 65.4 Å². The molecule has 196 valence electrons. The van der Waals surface area contributed by atoms with E-state index in [1.54, 1.807) is 18.2 Å². The van der Waals surface area contributed by atoms with Crippen LogP contribution in [0.15, 0.2) is 71.5 Å². The molecular weight excluding hydrogens is 495 g/mol. The van der Waals surface area contributed by atoms with Crippen LogP contribution < -0.4 is 20.3 Å². The van der Waals surface area contributed by atoms with Gasteiger partial charge in [-0.25, -0.2) is 0 Å². The van der Waals surface area contributed by atoms with Gasteiger partial charge < -0.3 is 14.8 Å². The normalized spacial score (nSPS) is 12.8. The van der Waals surface area contributed by atoms with Gasteiger partial charge in [-0.05, 0) is 60.7 Å². The van der Waals surface area contributed by atoms with Crippen LogP contribution in [0.5, 0.6) is 11.5 Å². The molecule has 1 aliphatic carbocycles. The first-order valence-electron chi connectivity index (χ1n) is 12.2. The molecule has 6 nitrogen and oxygen atoms in total. The zero-order valence-corrected chi connectivity index (χ0v) is 20.9. The summed E-state index contributed by atoms with van der Waals surface area (Å²) in [6.45, 7) is 0.410. The number of hydrogen-bond donors (Lipinski definition) is 1. The van der Waals surface area contributed by atoms with Crippen LogP contribution in [0, 0.1) is 0 Å². The van der Waals surface area contributed by atoms with Crippen LogP contribution in [0.25, 0.3) is 16.9 Å². The Morgan fingerprint density at radius 3 is 2.26 bits per heavy atom. The van der Waals surface area contributed by atoms with Gasteiger partial charge in [-0.1, -0.05) is 30.3 Å². The molecule has 0 bridgehead atoms. The van der Waals surface area contributed by atoms with E-state index in [0.29, 0.717) is 53.4 Å². The number of benzene rings is 3. The summed E-state index contributed by atoms with van der Waals surface area (Å²) in [6.07, 6.45) is -2.89. The fourth-order valence-electron chi connectivity index (χ4n) is 4.77. The number of anilines is 1. The Hall–Kier alpha value is -4.27. The Morgan fingerprint density at radius 1 is 0.921 bits per heavy atom. The third-order valence-corrected chi connectivity index (χ3v) is 6.65. The molecule has 0 spiro atoms. The number of alkyl halides is 3. The average molecular weight is 522 g/mol. The molecule has 38 heavy (non-hydrogen) atoms. The summed E-state index contributed by atoms with van der Waals surface area (Å²) >= 11 is 0. The number of rotatable bonds is 7. The molecule has 0 atom stereocenters. The molecule has 1 N–H and O–H groups in total. The van der Waals surface area contributed by atoms with Gasteiger partial charge in [-0.2, -0.15) is 23.0 Å². The third-order valence-electron chi connectivity index (χ3n) is 6.65. The highest BCUT2D eigenvalue weighted by molar-refractivity contribution is 5.69. The number of aromatic nitrogens is 2. The molecule has 1 heterocycles. The summed E-state index contributed by atoms with van der Waals surface area (Å²) < 4.78 is 54.1. The number of methoxy groups -OCH3 is 2. The van der Waals surface area contributed by atoms with Crippen molar-refractivity contribution in [3.63, 3.8) is 0 Å². The summed E-state index contributed by atoms with van der Waals surface area (Å²) in [7, 11) is 3.03. The molecule has 0 fully saturated rings. The van der Waals surface area contributed by atoms with Gasteiger partial charge in [-0.15, -0.1) is 0 Å². The van der Waals surface area contributed by atoms with E-state index in [0.717, 1.165) is 28.3 Å². The van der Waals surface area contributed by atoms with Crippen molar-refractivity contribution in [3.8, 4) is 28.4 Å². The van der Waals surface area contributed by atoms with Crippen LogP contribution >= 0.6 is 0 Å². The second-order valence-corrected chi connectivity index (χ2v) is 9.05. The molecule has 5 rings (SSSR count). The minimum absolute atomic E-state index is 0.327. The molecule has 1 aromatic heterocycles. The SMILES string of the molecule is COc1cc(OC)cc(-c2nn(-c3cc(NCc4ccccc4)ccc3C(F)(F)F)c(=O)c3c2CCC3)c1. The van der Waals surface area contributed by atoms with E-state index in [9.17, 15) is 18.0 Å². The number of fused-ring (bicyclic) bond motifs is 1. The molecule has 0 amide bonds. The van der Waals surface area contributed by atoms with Gasteiger partial charge >= 0.3 is 6.18 Å². The number of nitrogens with zero attached hydrogens (tertiary/aromatic N) is 2. The van der Waals surface area contributed by atoms with Crippen LogP contribution in [0.2, 0.25) is 0 Å². The fourth-order valence-corrected chi connectivity index (χ4v) is 4.77. The summed E-state index contributed by atoms with van der Waals surface area (Å²) in [4.78, 5) is 13.5. The molecule has 0 aliphatic heterocycles. The predicted molar refractivity (Wildman–Crippen MR) is 139 cm³/mol. The quantitative estimate of drug-likeness (QED) is 0.322. The lowest BCUT2D eigenvalue weighted by molar-refractivity contribution is -0.137. The van der Waals surface area contributed by atoms with Crippen molar-refractivity contribution in [1.82, 2.24) is 9.78 Å². The number of hydrogen-bond acceptors (Lipinski definition) is 5. The average Bonchev–Trinajstić information content (AvgIpc) is 3.42. The first kappa shape index (κ1) is 25.4. The van der Waals surface area contributed by atoms with Crippen LogP contribution in [0.3, 0.4) is 0 Å². The van der Waals surface area contributed by atoms with E-state index in [1.807, 2.05) is 30.3 Å². The van der Waals surface area contributed by atoms with E-state index in [-0.39, 0.29) is 5.69 Å². The van der Waals surface area contributed by atoms with E-state index in [4.69, 9.17) is 9.47 Å². The van der Waals surface area contributed by atoms with Crippen molar-refractivity contribution in [2.45, 2.75) is 32.0 Å². The summed E-state index contributed by atoms with van der Waals surface area (Å²) in [5.74, 6) is 1.02. The van der Waals surface area contributed by atoms with Gasteiger partial charge in [0.1, 0.15) is 11.5 Å². The molecule has 9 heteroatoms. The van der Waals surface area contributed by atoms with Crippen LogP contribution in [0.4, 0.5) is 18.9 Å². The van der Waals surface area contributed by atoms with Crippen LogP contribution in [0.1, 0.15) is 28.7 Å². The maximum absolute atomic E-state index is 14.1.